The van der Waals surface area contributed by atoms with Crippen molar-refractivity contribution in [2.24, 2.45) is 5.92 Å². The molecule has 9 nitrogen and oxygen atoms in total. The molecule has 1 amide bonds. The van der Waals surface area contributed by atoms with Gasteiger partial charge in [-0.05, 0) is 25.3 Å². The summed E-state index contributed by atoms with van der Waals surface area (Å²) in [6.45, 7) is 6.67. The van der Waals surface area contributed by atoms with Crippen LogP contribution >= 0.6 is 0 Å². The molecule has 0 radical (unpaired) electrons. The summed E-state index contributed by atoms with van der Waals surface area (Å²) >= 11 is 0. The molecule has 0 aliphatic heterocycles. The van der Waals surface area contributed by atoms with Gasteiger partial charge in [0.05, 0.1) is 31.3 Å². The smallest absolute Gasteiger partial charge is 0.356 e. The number of esters is 1. The highest BCUT2D eigenvalue weighted by Crippen LogP contribution is 2.33. The van der Waals surface area contributed by atoms with Crippen LogP contribution in [0.4, 0.5) is 11.4 Å². The number of rotatable bonds is 11. The first-order valence-corrected chi connectivity index (χ1v) is 10.1. The molecule has 0 aliphatic rings. The van der Waals surface area contributed by atoms with Crippen LogP contribution in [0.5, 0.6) is 0 Å². The Morgan fingerprint density at radius 2 is 2.00 bits per heavy atom. The van der Waals surface area contributed by atoms with Crippen LogP contribution in [-0.4, -0.2) is 60.0 Å². The number of amides is 1. The molecule has 166 valence electrons. The van der Waals surface area contributed by atoms with E-state index in [4.69, 9.17) is 14.6 Å². The zero-order chi connectivity index (χ0) is 22.3. The second kappa shape index (κ2) is 10.9. The van der Waals surface area contributed by atoms with Crippen molar-refractivity contribution in [3.05, 3.63) is 18.0 Å². The Balaban J connectivity index is 2.61. The van der Waals surface area contributed by atoms with E-state index in [0.29, 0.717) is 42.7 Å². The summed E-state index contributed by atoms with van der Waals surface area (Å²) in [6.07, 6.45) is 2.57. The fourth-order valence-electron chi connectivity index (χ4n) is 3.25. The van der Waals surface area contributed by atoms with Gasteiger partial charge in [0, 0.05) is 38.1 Å². The van der Waals surface area contributed by atoms with E-state index in [1.807, 2.05) is 26.8 Å². The van der Waals surface area contributed by atoms with Gasteiger partial charge >= 0.3 is 5.97 Å². The van der Waals surface area contributed by atoms with Crippen LogP contribution in [0.15, 0.2) is 12.3 Å². The normalized spacial score (nSPS) is 12.2. The van der Waals surface area contributed by atoms with Crippen LogP contribution in [0.2, 0.25) is 0 Å². The molecule has 9 heteroatoms. The third kappa shape index (κ3) is 5.70. The van der Waals surface area contributed by atoms with Crippen LogP contribution < -0.4 is 10.6 Å². The number of anilines is 2. The molecule has 0 spiro atoms. The van der Waals surface area contributed by atoms with Gasteiger partial charge in [-0.3, -0.25) is 4.79 Å². The largest absolute Gasteiger partial charge is 0.464 e. The van der Waals surface area contributed by atoms with E-state index < -0.39 is 5.97 Å². The number of hydrogen-bond acceptors (Lipinski definition) is 7. The monoisotopic (exact) mass is 420 g/mol. The molecule has 0 bridgehead atoms. The Morgan fingerprint density at radius 1 is 1.27 bits per heavy atom. The van der Waals surface area contributed by atoms with E-state index in [2.05, 4.69) is 15.6 Å². The Bertz CT molecular complexity index is 878. The van der Waals surface area contributed by atoms with E-state index in [9.17, 15) is 9.59 Å². The Morgan fingerprint density at radius 3 is 2.60 bits per heavy atom. The average Bonchev–Trinajstić information content (AvgIpc) is 2.98. The number of aliphatic hydroxyl groups excluding tert-OH is 1. The fraction of sp³-hybridized carbons (Fsp3) is 0.571. The molecule has 0 saturated heterocycles. The predicted molar refractivity (Wildman–Crippen MR) is 116 cm³/mol. The summed E-state index contributed by atoms with van der Waals surface area (Å²) in [5, 5.41) is 15.9. The minimum absolute atomic E-state index is 0.0314. The van der Waals surface area contributed by atoms with Crippen molar-refractivity contribution in [3.63, 3.8) is 0 Å². The van der Waals surface area contributed by atoms with Crippen molar-refractivity contribution >= 4 is 34.3 Å². The summed E-state index contributed by atoms with van der Waals surface area (Å²) < 4.78 is 11.9. The summed E-state index contributed by atoms with van der Waals surface area (Å²) in [6, 6.07) is 1.88. The summed E-state index contributed by atoms with van der Waals surface area (Å²) in [5.74, 6) is -0.580. The lowest BCUT2D eigenvalue weighted by Crippen LogP contribution is -2.19. The van der Waals surface area contributed by atoms with Crippen molar-refractivity contribution < 1.29 is 24.2 Å². The van der Waals surface area contributed by atoms with E-state index in [1.165, 1.54) is 7.11 Å². The van der Waals surface area contributed by atoms with Gasteiger partial charge < -0.3 is 29.8 Å². The molecule has 30 heavy (non-hydrogen) atoms. The van der Waals surface area contributed by atoms with Gasteiger partial charge in [-0.2, -0.15) is 0 Å². The van der Waals surface area contributed by atoms with Crippen molar-refractivity contribution in [2.75, 3.05) is 38.1 Å². The molecular formula is C21H32N4O5. The number of nitrogens with one attached hydrogen (secondary N) is 2. The zero-order valence-electron chi connectivity index (χ0n) is 18.3. The molecule has 1 unspecified atom stereocenters. The van der Waals surface area contributed by atoms with E-state index in [-0.39, 0.29) is 30.2 Å². The molecule has 0 aromatic carbocycles. The molecule has 2 heterocycles. The average molecular weight is 421 g/mol. The number of carbonyl (C=O) groups excluding carboxylic acids is 2. The van der Waals surface area contributed by atoms with Gasteiger partial charge in [-0.15, -0.1) is 0 Å². The Kier molecular flexibility index (Phi) is 8.61. The number of methoxy groups -OCH3 is 2. The third-order valence-electron chi connectivity index (χ3n) is 4.63. The van der Waals surface area contributed by atoms with Crippen LogP contribution in [0.3, 0.4) is 0 Å². The highest BCUT2D eigenvalue weighted by atomic mass is 16.5. The van der Waals surface area contributed by atoms with Gasteiger partial charge in [-0.25, -0.2) is 9.78 Å². The molecule has 2 aromatic rings. The molecule has 0 saturated carbocycles. The quantitative estimate of drug-likeness (QED) is 0.479. The molecule has 2 rings (SSSR count). The van der Waals surface area contributed by atoms with Gasteiger partial charge in [0.25, 0.3) is 0 Å². The maximum absolute atomic E-state index is 12.6. The number of carbonyl (C=O) groups is 2. The molecule has 3 N–H and O–H groups in total. The van der Waals surface area contributed by atoms with Crippen LogP contribution in [0, 0.1) is 5.92 Å². The Labute approximate surface area is 176 Å². The van der Waals surface area contributed by atoms with E-state index in [1.54, 1.807) is 17.9 Å². The number of aromatic nitrogens is 2. The van der Waals surface area contributed by atoms with Crippen molar-refractivity contribution in [2.45, 2.75) is 46.2 Å². The van der Waals surface area contributed by atoms with Crippen LogP contribution in [-0.2, 0) is 20.8 Å². The number of aliphatic hydroxyl groups is 1. The van der Waals surface area contributed by atoms with Crippen molar-refractivity contribution in [3.8, 4) is 0 Å². The second-order valence-corrected chi connectivity index (χ2v) is 7.66. The first kappa shape index (κ1) is 23.6. The SMILES string of the molecule is COCCn1c(C(=O)OC)c(NC(=O)CC(C)C)c2cc(NC(C)CCO)cnc21. The van der Waals surface area contributed by atoms with E-state index in [0.717, 1.165) is 5.69 Å². The summed E-state index contributed by atoms with van der Waals surface area (Å²) in [5.41, 5.74) is 1.88. The number of nitrogens with zero attached hydrogens (tertiary/aromatic N) is 2. The van der Waals surface area contributed by atoms with Crippen molar-refractivity contribution in [1.82, 2.24) is 9.55 Å². The van der Waals surface area contributed by atoms with Gasteiger partial charge in [0.1, 0.15) is 5.65 Å². The second-order valence-electron chi connectivity index (χ2n) is 7.66. The number of ether oxygens (including phenoxy) is 2. The summed E-state index contributed by atoms with van der Waals surface area (Å²) in [4.78, 5) is 29.7. The van der Waals surface area contributed by atoms with Crippen LogP contribution in [0.1, 0.15) is 44.1 Å². The topological polar surface area (TPSA) is 115 Å². The van der Waals surface area contributed by atoms with E-state index >= 15 is 0 Å². The predicted octanol–water partition coefficient (Wildman–Crippen LogP) is 2.64. The maximum Gasteiger partial charge on any atom is 0.356 e. The molecule has 1 atom stereocenters. The first-order valence-electron chi connectivity index (χ1n) is 10.1. The fourth-order valence-corrected chi connectivity index (χ4v) is 3.25. The van der Waals surface area contributed by atoms with Gasteiger partial charge in [0.15, 0.2) is 5.69 Å². The molecule has 2 aromatic heterocycles. The Hall–Kier alpha value is -2.65. The zero-order valence-corrected chi connectivity index (χ0v) is 18.3. The number of hydrogen-bond donors (Lipinski definition) is 3. The number of pyridine rings is 1. The van der Waals surface area contributed by atoms with Gasteiger partial charge in [-0.1, -0.05) is 13.8 Å². The molecule has 0 aliphatic carbocycles. The minimum atomic E-state index is -0.563. The minimum Gasteiger partial charge on any atom is -0.464 e. The third-order valence-corrected chi connectivity index (χ3v) is 4.63. The number of fused-ring (bicyclic) bond motifs is 1. The highest BCUT2D eigenvalue weighted by molar-refractivity contribution is 6.11. The van der Waals surface area contributed by atoms with Crippen molar-refractivity contribution in [1.29, 1.82) is 0 Å². The first-order chi connectivity index (χ1) is 14.3. The lowest BCUT2D eigenvalue weighted by molar-refractivity contribution is -0.116. The van der Waals surface area contributed by atoms with Crippen LogP contribution in [0.25, 0.3) is 11.0 Å². The lowest BCUT2D eigenvalue weighted by Gasteiger charge is -2.14. The molecular weight excluding hydrogens is 388 g/mol. The maximum atomic E-state index is 12.6. The standard InChI is InChI=1S/C21H32N4O5/c1-13(2)10-17(27)24-18-16-11-15(23-14(3)6-8-26)12-22-20(16)25(7-9-29-4)19(18)21(28)30-5/h11-14,23,26H,6-10H2,1-5H3,(H,24,27). The summed E-state index contributed by atoms with van der Waals surface area (Å²) in [7, 11) is 2.88. The highest BCUT2D eigenvalue weighted by Gasteiger charge is 2.26. The molecule has 0 fully saturated rings. The lowest BCUT2D eigenvalue weighted by atomic mass is 10.1. The van der Waals surface area contributed by atoms with Gasteiger partial charge in [0.2, 0.25) is 5.91 Å².